The van der Waals surface area contributed by atoms with Crippen molar-refractivity contribution in [2.24, 2.45) is 33.0 Å². The summed E-state index contributed by atoms with van der Waals surface area (Å²) in [6.45, 7) is 44.4. The van der Waals surface area contributed by atoms with Gasteiger partial charge in [0, 0.05) is 21.5 Å². The van der Waals surface area contributed by atoms with Crippen molar-refractivity contribution in [3.8, 4) is 0 Å². The molecule has 0 amide bonds. The van der Waals surface area contributed by atoms with E-state index in [-0.39, 0.29) is 31.8 Å². The Kier molecular flexibility index (Phi) is 9.12. The molecule has 5 atom stereocenters. The summed E-state index contributed by atoms with van der Waals surface area (Å²) in [4.78, 5) is 0. The van der Waals surface area contributed by atoms with E-state index < -0.39 is 10.2 Å². The molecule has 0 aromatic rings. The van der Waals surface area contributed by atoms with Gasteiger partial charge >= 0.3 is 0 Å². The van der Waals surface area contributed by atoms with Crippen molar-refractivity contribution in [3.63, 3.8) is 0 Å². The molecule has 2 saturated heterocycles. The Morgan fingerprint density at radius 3 is 1.92 bits per heavy atom. The minimum Gasteiger partial charge on any atom is -0.252 e. The summed E-state index contributed by atoms with van der Waals surface area (Å²) in [5.41, 5.74) is 1.03. The molecule has 0 radical (unpaired) electrons. The van der Waals surface area contributed by atoms with Crippen molar-refractivity contribution in [2.75, 3.05) is 6.54 Å². The van der Waals surface area contributed by atoms with E-state index in [0.717, 1.165) is 0 Å². The van der Waals surface area contributed by atoms with Gasteiger partial charge in [-0.15, -0.1) is 0 Å². The number of allylic oxidation sites excluding steroid dienone is 1. The van der Waals surface area contributed by atoms with Gasteiger partial charge in [-0.3, -0.25) is 4.31 Å². The van der Waals surface area contributed by atoms with Gasteiger partial charge in [-0.25, -0.2) is 0 Å². The topological polar surface area (TPSA) is 3.01 Å². The predicted molar refractivity (Wildman–Crippen MR) is 173 cm³/mol. The number of nitrogens with zero attached hydrogens (tertiary/aromatic N) is 1. The molecule has 0 N–H and O–H groups in total. The quantitative estimate of drug-likeness (QED) is 0.153. The first-order valence-corrected chi connectivity index (χ1v) is 17.4. The lowest BCUT2D eigenvalue weighted by atomic mass is 9.52. The molecule has 37 heavy (non-hydrogen) atoms. The van der Waals surface area contributed by atoms with Crippen LogP contribution in [0.5, 0.6) is 0 Å². The molecule has 2 rings (SSSR count). The molecule has 0 aromatic carbocycles. The lowest BCUT2D eigenvalue weighted by molar-refractivity contribution is 0.00102. The van der Waals surface area contributed by atoms with Crippen LogP contribution in [0.2, 0.25) is 0 Å². The zero-order chi connectivity index (χ0) is 29.1. The highest BCUT2D eigenvalue weighted by Crippen LogP contribution is 2.90. The number of hydrogen-bond acceptors (Lipinski definition) is 1. The molecule has 1 nitrogen and oxygen atoms in total. The Bertz CT molecular complexity index is 823. The molecule has 2 aliphatic heterocycles. The minimum absolute atomic E-state index is 0.144. The van der Waals surface area contributed by atoms with E-state index in [4.69, 9.17) is 0 Å². The second kappa shape index (κ2) is 10.2. The summed E-state index contributed by atoms with van der Waals surface area (Å²) in [5.74, 6) is 0.692. The Hall–Kier alpha value is 0.0500. The van der Waals surface area contributed by atoms with Crippen LogP contribution in [0.15, 0.2) is 12.2 Å². The number of hydrogen-bond donors (Lipinski definition) is 0. The first kappa shape index (κ1) is 33.3. The Labute approximate surface area is 236 Å². The molecule has 2 aliphatic rings. The summed E-state index contributed by atoms with van der Waals surface area (Å²) in [6, 6.07) is 0. The minimum atomic E-state index is -0.956. The van der Waals surface area contributed by atoms with Crippen LogP contribution < -0.4 is 0 Å². The molecular weight excluding hydrogens is 466 g/mol. The highest BCUT2D eigenvalue weighted by molar-refractivity contribution is 8.39. The molecule has 220 valence electrons. The maximum atomic E-state index is 3.05. The second-order valence-corrected chi connectivity index (χ2v) is 21.7. The first-order chi connectivity index (χ1) is 16.5. The fourth-order valence-electron chi connectivity index (χ4n) is 8.09. The first-order valence-electron chi connectivity index (χ1n) is 15.7. The summed E-state index contributed by atoms with van der Waals surface area (Å²) in [6.07, 6.45) is 13.3. The molecule has 0 aromatic heterocycles. The summed E-state index contributed by atoms with van der Waals surface area (Å²) < 4.78 is 3.64. The van der Waals surface area contributed by atoms with Gasteiger partial charge in [-0.05, 0) is 40.9 Å². The van der Waals surface area contributed by atoms with E-state index in [1.54, 1.807) is 0 Å². The smallest absolute Gasteiger partial charge is 0.0584 e. The molecular formula is C35H69NS. The number of fused-ring (bicyclic) bond motifs is 1. The molecule has 0 spiro atoms. The van der Waals surface area contributed by atoms with E-state index >= 15 is 0 Å². The normalized spacial score (nSPS) is 34.9. The van der Waals surface area contributed by atoms with Gasteiger partial charge < -0.3 is 0 Å². The van der Waals surface area contributed by atoms with Crippen LogP contribution in [-0.2, 0) is 0 Å². The van der Waals surface area contributed by atoms with Crippen LogP contribution in [-0.4, -0.2) is 25.7 Å². The van der Waals surface area contributed by atoms with Gasteiger partial charge in [0.25, 0.3) is 0 Å². The van der Waals surface area contributed by atoms with Crippen LogP contribution in [0.3, 0.4) is 0 Å². The van der Waals surface area contributed by atoms with E-state index in [2.05, 4.69) is 134 Å². The third-order valence-electron chi connectivity index (χ3n) is 13.0. The third kappa shape index (κ3) is 5.04. The number of unbranched alkanes of at least 4 members (excludes halogenated alkanes) is 2. The summed E-state index contributed by atoms with van der Waals surface area (Å²) >= 11 is 0. The molecule has 0 aliphatic carbocycles. The molecule has 0 bridgehead atoms. The lowest BCUT2D eigenvalue weighted by Gasteiger charge is -2.57. The standard InChI is InChI=1S/C35H69NS/c1-18-20-21-22-27(3)33(14,15)35(24-23-31(10,11)30(8,9)19-2)25-32(12,13)34(16,17)37(29(5,6)7)28(4)36(37)26-35/h23-24,27-28H,18-22,25-26H2,1-17H3. The summed E-state index contributed by atoms with van der Waals surface area (Å²) in [5, 5.41) is 0.696. The molecule has 0 saturated carbocycles. The van der Waals surface area contributed by atoms with E-state index in [1.165, 1.54) is 45.1 Å². The van der Waals surface area contributed by atoms with Crippen molar-refractivity contribution >= 4 is 10.2 Å². The van der Waals surface area contributed by atoms with Crippen LogP contribution in [0.1, 0.15) is 156 Å². The van der Waals surface area contributed by atoms with Gasteiger partial charge in [0.1, 0.15) is 0 Å². The maximum Gasteiger partial charge on any atom is 0.0584 e. The van der Waals surface area contributed by atoms with Crippen molar-refractivity contribution < 1.29 is 0 Å². The van der Waals surface area contributed by atoms with Gasteiger partial charge in [0.2, 0.25) is 0 Å². The van der Waals surface area contributed by atoms with Crippen molar-refractivity contribution in [1.29, 1.82) is 0 Å². The number of rotatable bonds is 10. The summed E-state index contributed by atoms with van der Waals surface area (Å²) in [7, 11) is -0.956. The van der Waals surface area contributed by atoms with Crippen molar-refractivity contribution in [3.05, 3.63) is 12.2 Å². The zero-order valence-electron chi connectivity index (χ0n) is 28.6. The molecule has 5 unspecified atom stereocenters. The molecule has 2 fully saturated rings. The fraction of sp³-hybridized carbons (Fsp3) is 0.943. The van der Waals surface area contributed by atoms with Crippen molar-refractivity contribution in [2.45, 2.75) is 171 Å². The Morgan fingerprint density at radius 1 is 0.919 bits per heavy atom. The van der Waals surface area contributed by atoms with Gasteiger partial charge in [0.15, 0.2) is 0 Å². The van der Waals surface area contributed by atoms with Crippen molar-refractivity contribution in [1.82, 2.24) is 4.31 Å². The molecule has 2 heterocycles. The highest BCUT2D eigenvalue weighted by atomic mass is 32.3. The van der Waals surface area contributed by atoms with Gasteiger partial charge in [0.05, 0.1) is 5.37 Å². The second-order valence-electron chi connectivity index (χ2n) is 17.1. The largest absolute Gasteiger partial charge is 0.252 e. The third-order valence-corrected chi connectivity index (χ3v) is 19.2. The fourth-order valence-corrected chi connectivity index (χ4v) is 15.2. The SMILES string of the molecule is CCCCCC(C)C(C)(C)C1(C=CC(C)(C)C(C)(C)CC)CN2C(C)S2(C(C)(C)C)C(C)(C)C(C)(C)C1. The predicted octanol–water partition coefficient (Wildman–Crippen LogP) is 11.6. The Morgan fingerprint density at radius 2 is 1.46 bits per heavy atom. The van der Waals surface area contributed by atoms with Crippen LogP contribution in [0.25, 0.3) is 0 Å². The van der Waals surface area contributed by atoms with E-state index in [9.17, 15) is 0 Å². The highest BCUT2D eigenvalue weighted by Gasteiger charge is 2.75. The van der Waals surface area contributed by atoms with Crippen LogP contribution in [0.4, 0.5) is 0 Å². The van der Waals surface area contributed by atoms with Gasteiger partial charge in [-0.2, -0.15) is 10.2 Å². The Balaban J connectivity index is 2.78. The maximum absolute atomic E-state index is 3.05. The van der Waals surface area contributed by atoms with Crippen LogP contribution >= 0.6 is 10.2 Å². The van der Waals surface area contributed by atoms with Crippen LogP contribution in [0, 0.1) is 33.0 Å². The lowest BCUT2D eigenvalue weighted by Crippen LogP contribution is -2.51. The monoisotopic (exact) mass is 536 g/mol. The zero-order valence-corrected chi connectivity index (χ0v) is 29.4. The average molecular weight is 536 g/mol. The van der Waals surface area contributed by atoms with E-state index in [0.29, 0.717) is 16.0 Å². The molecule has 2 heteroatoms. The average Bonchev–Trinajstić information content (AvgIpc) is 3.37. The van der Waals surface area contributed by atoms with Gasteiger partial charge in [-0.1, -0.05) is 155 Å². The van der Waals surface area contributed by atoms with E-state index in [1.807, 2.05) is 0 Å².